The zero-order valence-electron chi connectivity index (χ0n) is 6.08. The molecule has 50 valence electrons. The first-order chi connectivity index (χ1) is 3.48. The van der Waals surface area contributed by atoms with Crippen LogP contribution in [0, 0.1) is 0 Å². The molecule has 0 atom stereocenters. The molecular formula is C2H6NNaO4S. The van der Waals surface area contributed by atoms with E-state index in [1.807, 2.05) is 0 Å². The second-order valence-electron chi connectivity index (χ2n) is 1.01. The van der Waals surface area contributed by atoms with Crippen LogP contribution in [0.5, 0.6) is 0 Å². The van der Waals surface area contributed by atoms with Gasteiger partial charge in [0.15, 0.2) is 0 Å². The van der Waals surface area contributed by atoms with Gasteiger partial charge in [0.2, 0.25) is 0 Å². The minimum Gasteiger partial charge on any atom is -1.00 e. The van der Waals surface area contributed by atoms with Crippen LogP contribution in [0.15, 0.2) is 0 Å². The molecule has 7 heteroatoms. The molecular weight excluding hydrogens is 157 g/mol. The molecule has 5 nitrogen and oxygen atoms in total. The summed E-state index contributed by atoms with van der Waals surface area (Å²) in [4.78, 5) is 9.88. The summed E-state index contributed by atoms with van der Waals surface area (Å²) in [6.07, 6.45) is 0. The Bertz CT molecular complexity index is 189. The van der Waals surface area contributed by atoms with Crippen molar-refractivity contribution in [1.82, 2.24) is 5.32 Å². The van der Waals surface area contributed by atoms with Crippen molar-refractivity contribution in [3.05, 3.63) is 0 Å². The Labute approximate surface area is 76.3 Å². The van der Waals surface area contributed by atoms with Gasteiger partial charge in [0.1, 0.15) is 0 Å². The summed E-state index contributed by atoms with van der Waals surface area (Å²) in [5.74, 6) is 0. The van der Waals surface area contributed by atoms with Crippen molar-refractivity contribution in [3.8, 4) is 0 Å². The number of hydrogen-bond donors (Lipinski definition) is 2. The van der Waals surface area contributed by atoms with Gasteiger partial charge in [-0.1, -0.05) is 0 Å². The molecule has 0 aliphatic carbocycles. The summed E-state index contributed by atoms with van der Waals surface area (Å²) < 4.78 is 27.3. The number of rotatable bonds is 0. The molecule has 0 aromatic heterocycles. The number of carbonyl (C=O) groups is 1. The van der Waals surface area contributed by atoms with E-state index in [2.05, 4.69) is 0 Å². The Morgan fingerprint density at radius 3 is 2.00 bits per heavy atom. The molecule has 9 heavy (non-hydrogen) atoms. The Morgan fingerprint density at radius 1 is 1.67 bits per heavy atom. The van der Waals surface area contributed by atoms with Gasteiger partial charge in [0, 0.05) is 7.05 Å². The molecule has 0 rings (SSSR count). The van der Waals surface area contributed by atoms with Crippen molar-refractivity contribution in [1.29, 1.82) is 0 Å². The van der Waals surface area contributed by atoms with Crippen LogP contribution in [-0.2, 0) is 10.1 Å². The molecule has 0 aliphatic heterocycles. The van der Waals surface area contributed by atoms with Crippen molar-refractivity contribution < 1.29 is 48.7 Å². The van der Waals surface area contributed by atoms with Gasteiger partial charge in [-0.2, -0.15) is 8.42 Å². The van der Waals surface area contributed by atoms with Crippen LogP contribution in [0.25, 0.3) is 0 Å². The van der Waals surface area contributed by atoms with Crippen LogP contribution in [0.3, 0.4) is 0 Å². The Hall–Kier alpha value is 0.380. The van der Waals surface area contributed by atoms with Crippen molar-refractivity contribution >= 4 is 15.4 Å². The Morgan fingerprint density at radius 2 is 2.00 bits per heavy atom. The van der Waals surface area contributed by atoms with E-state index in [9.17, 15) is 13.2 Å². The van der Waals surface area contributed by atoms with E-state index >= 15 is 0 Å². The SMILES string of the molecule is CNC(=O)S(=O)(=O)O.[H-].[Na+]. The van der Waals surface area contributed by atoms with Gasteiger partial charge in [-0.25, -0.2) is 0 Å². The second-order valence-corrected chi connectivity index (χ2v) is 2.33. The van der Waals surface area contributed by atoms with E-state index in [-0.39, 0.29) is 31.0 Å². The summed E-state index contributed by atoms with van der Waals surface area (Å²) in [6.45, 7) is 0. The molecule has 0 aromatic rings. The van der Waals surface area contributed by atoms with E-state index < -0.39 is 15.4 Å². The largest absolute Gasteiger partial charge is 1.00 e. The molecule has 1 amide bonds. The van der Waals surface area contributed by atoms with Crippen LogP contribution < -0.4 is 34.9 Å². The standard InChI is InChI=1S/C2H5NO4S.Na.H/c1-3-2(4)8(5,6)7;;/h1H3,(H,3,4)(H,5,6,7);;/q;+1;-1. The van der Waals surface area contributed by atoms with E-state index in [1.165, 1.54) is 0 Å². The average molecular weight is 163 g/mol. The van der Waals surface area contributed by atoms with Crippen LogP contribution >= 0.6 is 0 Å². The molecule has 0 aliphatic rings. The van der Waals surface area contributed by atoms with Gasteiger partial charge >= 0.3 is 44.9 Å². The number of amides is 1. The Kier molecular flexibility index (Phi) is 5.69. The van der Waals surface area contributed by atoms with E-state index in [0.717, 1.165) is 7.05 Å². The maximum atomic E-state index is 9.88. The number of carbonyl (C=O) groups excluding carboxylic acids is 1. The third kappa shape index (κ3) is 4.86. The molecule has 0 heterocycles. The topological polar surface area (TPSA) is 83.5 Å². The number of hydrogen-bond acceptors (Lipinski definition) is 3. The van der Waals surface area contributed by atoms with Gasteiger partial charge in [-0.05, 0) is 0 Å². The van der Waals surface area contributed by atoms with E-state index in [0.29, 0.717) is 0 Å². The maximum Gasteiger partial charge on any atom is 1.00 e. The van der Waals surface area contributed by atoms with Crippen molar-refractivity contribution in [2.75, 3.05) is 7.05 Å². The molecule has 0 fully saturated rings. The third-order valence-corrected chi connectivity index (χ3v) is 1.11. The van der Waals surface area contributed by atoms with Crippen LogP contribution in [0.4, 0.5) is 4.79 Å². The number of nitrogens with one attached hydrogen (secondary N) is 1. The normalized spacial score (nSPS) is 9.56. The molecule has 0 bridgehead atoms. The predicted octanol–water partition coefficient (Wildman–Crippen LogP) is -3.67. The monoisotopic (exact) mass is 163 g/mol. The molecule has 0 saturated carbocycles. The summed E-state index contributed by atoms with van der Waals surface area (Å²) in [7, 11) is -3.40. The van der Waals surface area contributed by atoms with Gasteiger partial charge in [0.25, 0.3) is 0 Å². The van der Waals surface area contributed by atoms with Crippen molar-refractivity contribution in [3.63, 3.8) is 0 Å². The van der Waals surface area contributed by atoms with E-state index in [1.54, 1.807) is 5.32 Å². The molecule has 0 spiro atoms. The minimum absolute atomic E-state index is 0. The third-order valence-electron chi connectivity index (χ3n) is 0.438. The van der Waals surface area contributed by atoms with Crippen molar-refractivity contribution in [2.45, 2.75) is 0 Å². The summed E-state index contributed by atoms with van der Waals surface area (Å²) in [5, 5.41) is 0.337. The van der Waals surface area contributed by atoms with E-state index in [4.69, 9.17) is 4.55 Å². The second kappa shape index (κ2) is 4.24. The van der Waals surface area contributed by atoms with Gasteiger partial charge in [0.05, 0.1) is 0 Å². The minimum atomic E-state index is -4.50. The summed E-state index contributed by atoms with van der Waals surface area (Å²) in [5.41, 5.74) is 0. The van der Waals surface area contributed by atoms with Crippen LogP contribution in [-0.4, -0.2) is 25.3 Å². The average Bonchev–Trinajstić information content (AvgIpc) is 1.62. The smallest absolute Gasteiger partial charge is 1.00 e. The fraction of sp³-hybridized carbons (Fsp3) is 0.500. The zero-order valence-corrected chi connectivity index (χ0v) is 7.90. The first-order valence-electron chi connectivity index (χ1n) is 1.67. The first-order valence-corrected chi connectivity index (χ1v) is 3.11. The van der Waals surface area contributed by atoms with Crippen LogP contribution in [0.1, 0.15) is 1.43 Å². The molecule has 0 saturated heterocycles. The van der Waals surface area contributed by atoms with Gasteiger partial charge in [-0.3, -0.25) is 9.35 Å². The van der Waals surface area contributed by atoms with Crippen LogP contribution in [0.2, 0.25) is 0 Å². The molecule has 0 aromatic carbocycles. The van der Waals surface area contributed by atoms with Gasteiger partial charge < -0.3 is 6.74 Å². The zero-order chi connectivity index (χ0) is 6.78. The fourth-order valence-electron chi connectivity index (χ4n) is 0.129. The molecule has 0 radical (unpaired) electrons. The van der Waals surface area contributed by atoms with Crippen molar-refractivity contribution in [2.24, 2.45) is 0 Å². The maximum absolute atomic E-state index is 9.88. The Balaban J connectivity index is -0.000000245. The molecule has 2 N–H and O–H groups in total. The predicted molar refractivity (Wildman–Crippen MR) is 27.1 cm³/mol. The summed E-state index contributed by atoms with van der Waals surface area (Å²) in [6, 6.07) is 0. The fourth-order valence-corrected chi connectivity index (χ4v) is 0.387. The quantitative estimate of drug-likeness (QED) is 0.285. The summed E-state index contributed by atoms with van der Waals surface area (Å²) >= 11 is 0. The first kappa shape index (κ1) is 12.1. The van der Waals surface area contributed by atoms with Gasteiger partial charge in [-0.15, -0.1) is 0 Å². The molecule has 0 unspecified atom stereocenters.